The zero-order valence-corrected chi connectivity index (χ0v) is 13.5. The van der Waals surface area contributed by atoms with Crippen LogP contribution in [0.25, 0.3) is 10.9 Å². The van der Waals surface area contributed by atoms with Gasteiger partial charge in [0.15, 0.2) is 0 Å². The highest BCUT2D eigenvalue weighted by Gasteiger charge is 2.12. The van der Waals surface area contributed by atoms with Gasteiger partial charge in [0.25, 0.3) is 11.5 Å². The van der Waals surface area contributed by atoms with Crippen molar-refractivity contribution in [1.82, 2.24) is 10.3 Å². The van der Waals surface area contributed by atoms with Gasteiger partial charge >= 0.3 is 0 Å². The second-order valence-electron chi connectivity index (χ2n) is 5.02. The molecule has 0 atom stereocenters. The molecule has 0 aliphatic heterocycles. The van der Waals surface area contributed by atoms with Crippen molar-refractivity contribution in [2.75, 3.05) is 0 Å². The first kappa shape index (κ1) is 15.4. The molecule has 0 fully saturated rings. The van der Waals surface area contributed by atoms with Crippen molar-refractivity contribution in [3.05, 3.63) is 80.3 Å². The van der Waals surface area contributed by atoms with E-state index in [-0.39, 0.29) is 12.1 Å². The number of fused-ring (bicyclic) bond motifs is 1. The predicted octanol–water partition coefficient (Wildman–Crippen LogP) is 3.36. The summed E-state index contributed by atoms with van der Waals surface area (Å²) in [5.74, 6) is -0.944. The monoisotopic (exact) mass is 374 g/mol. The van der Waals surface area contributed by atoms with Crippen LogP contribution in [0.3, 0.4) is 0 Å². The molecule has 1 aromatic heterocycles. The first-order valence-electron chi connectivity index (χ1n) is 6.89. The summed E-state index contributed by atoms with van der Waals surface area (Å²) in [7, 11) is 0. The summed E-state index contributed by atoms with van der Waals surface area (Å²) in [6.07, 6.45) is 0. The van der Waals surface area contributed by atoms with Crippen LogP contribution in [-0.2, 0) is 6.54 Å². The number of amides is 1. The normalized spacial score (nSPS) is 10.7. The SMILES string of the molecule is O=C(NCc1ccccc1F)c1cc2cc(Br)ccc2[nH]c1=O. The standard InChI is InChI=1S/C17H12BrFN2O2/c18-12-5-6-15-11(7-12)8-13(17(23)21-15)16(22)20-9-10-3-1-2-4-14(10)19/h1-8H,9H2,(H,20,22)(H,21,23). The Balaban J connectivity index is 1.87. The fourth-order valence-electron chi connectivity index (χ4n) is 2.26. The van der Waals surface area contributed by atoms with E-state index in [2.05, 4.69) is 26.2 Å². The van der Waals surface area contributed by atoms with E-state index in [0.717, 1.165) is 9.86 Å². The molecular formula is C17H12BrFN2O2. The summed E-state index contributed by atoms with van der Waals surface area (Å²) >= 11 is 3.35. The van der Waals surface area contributed by atoms with Gasteiger partial charge < -0.3 is 10.3 Å². The Kier molecular flexibility index (Phi) is 4.25. The molecule has 0 aliphatic carbocycles. The number of aromatic nitrogens is 1. The van der Waals surface area contributed by atoms with Crippen molar-refractivity contribution >= 4 is 32.7 Å². The first-order valence-corrected chi connectivity index (χ1v) is 7.68. The molecule has 116 valence electrons. The lowest BCUT2D eigenvalue weighted by Crippen LogP contribution is -2.29. The first-order chi connectivity index (χ1) is 11.0. The van der Waals surface area contributed by atoms with Gasteiger partial charge in [-0.3, -0.25) is 9.59 Å². The minimum atomic E-state index is -0.545. The fraction of sp³-hybridized carbons (Fsp3) is 0.0588. The largest absolute Gasteiger partial charge is 0.348 e. The second-order valence-corrected chi connectivity index (χ2v) is 5.93. The van der Waals surface area contributed by atoms with Crippen molar-refractivity contribution in [3.8, 4) is 0 Å². The van der Waals surface area contributed by atoms with E-state index in [1.807, 2.05) is 0 Å². The number of halogens is 2. The summed E-state index contributed by atoms with van der Waals surface area (Å²) in [6.45, 7) is 0.0153. The summed E-state index contributed by atoms with van der Waals surface area (Å²) in [5, 5.41) is 3.30. The van der Waals surface area contributed by atoms with Crippen molar-refractivity contribution in [2.45, 2.75) is 6.54 Å². The van der Waals surface area contributed by atoms with Crippen LogP contribution in [0.5, 0.6) is 0 Å². The minimum absolute atomic E-state index is 0.00746. The molecule has 0 radical (unpaired) electrons. The molecule has 23 heavy (non-hydrogen) atoms. The number of carbonyl (C=O) groups is 1. The molecule has 0 unspecified atom stereocenters. The minimum Gasteiger partial charge on any atom is -0.348 e. The van der Waals surface area contributed by atoms with Crippen LogP contribution in [0, 0.1) is 5.82 Å². The number of aromatic amines is 1. The molecule has 0 aliphatic rings. The maximum atomic E-state index is 13.6. The van der Waals surface area contributed by atoms with Crippen LogP contribution < -0.4 is 10.9 Å². The predicted molar refractivity (Wildman–Crippen MR) is 89.8 cm³/mol. The highest BCUT2D eigenvalue weighted by Crippen LogP contribution is 2.17. The Hall–Kier alpha value is -2.47. The molecule has 0 saturated heterocycles. The Morgan fingerprint density at radius 3 is 2.74 bits per heavy atom. The maximum absolute atomic E-state index is 13.6. The molecule has 2 aromatic carbocycles. The lowest BCUT2D eigenvalue weighted by atomic mass is 10.1. The van der Waals surface area contributed by atoms with Crippen molar-refractivity contribution in [3.63, 3.8) is 0 Å². The summed E-state index contributed by atoms with van der Waals surface area (Å²) in [5.41, 5.74) is 0.516. The number of nitrogens with one attached hydrogen (secondary N) is 2. The number of benzene rings is 2. The summed E-state index contributed by atoms with van der Waals surface area (Å²) < 4.78 is 14.4. The van der Waals surface area contributed by atoms with Gasteiger partial charge in [-0.25, -0.2) is 4.39 Å². The fourth-order valence-corrected chi connectivity index (χ4v) is 2.64. The molecule has 2 N–H and O–H groups in total. The molecule has 1 heterocycles. The van der Waals surface area contributed by atoms with Gasteiger partial charge in [0.1, 0.15) is 11.4 Å². The summed E-state index contributed by atoms with van der Waals surface area (Å²) in [4.78, 5) is 26.9. The van der Waals surface area contributed by atoms with Crippen LogP contribution in [0.4, 0.5) is 4.39 Å². The van der Waals surface area contributed by atoms with Crippen molar-refractivity contribution in [1.29, 1.82) is 0 Å². The molecule has 3 aromatic rings. The third kappa shape index (κ3) is 3.32. The number of carbonyl (C=O) groups excluding carboxylic acids is 1. The number of pyridine rings is 1. The lowest BCUT2D eigenvalue weighted by molar-refractivity contribution is 0.0949. The lowest BCUT2D eigenvalue weighted by Gasteiger charge is -2.07. The van der Waals surface area contributed by atoms with Gasteiger partial charge in [-0.2, -0.15) is 0 Å². The van der Waals surface area contributed by atoms with Crippen LogP contribution in [0.15, 0.2) is 57.8 Å². The van der Waals surface area contributed by atoms with Crippen LogP contribution in [0.2, 0.25) is 0 Å². The summed E-state index contributed by atoms with van der Waals surface area (Å²) in [6, 6.07) is 13.0. The van der Waals surface area contributed by atoms with Gasteiger partial charge in [0, 0.05) is 27.5 Å². The second kappa shape index (κ2) is 6.34. The van der Waals surface area contributed by atoms with Gasteiger partial charge in [-0.1, -0.05) is 34.1 Å². The highest BCUT2D eigenvalue weighted by molar-refractivity contribution is 9.10. The molecule has 1 amide bonds. The Morgan fingerprint density at radius 2 is 1.96 bits per heavy atom. The molecule has 4 nitrogen and oxygen atoms in total. The molecule has 6 heteroatoms. The van der Waals surface area contributed by atoms with Crippen LogP contribution >= 0.6 is 15.9 Å². The number of rotatable bonds is 3. The van der Waals surface area contributed by atoms with Gasteiger partial charge in [0.2, 0.25) is 0 Å². The Bertz CT molecular complexity index is 953. The van der Waals surface area contributed by atoms with Crippen molar-refractivity contribution in [2.24, 2.45) is 0 Å². The van der Waals surface area contributed by atoms with Gasteiger partial charge in [-0.05, 0) is 30.3 Å². The van der Waals surface area contributed by atoms with E-state index in [4.69, 9.17) is 0 Å². The third-order valence-corrected chi connectivity index (χ3v) is 3.94. The highest BCUT2D eigenvalue weighted by atomic mass is 79.9. The van der Waals surface area contributed by atoms with E-state index in [1.54, 1.807) is 36.4 Å². The number of H-pyrrole nitrogens is 1. The zero-order chi connectivity index (χ0) is 16.4. The van der Waals surface area contributed by atoms with E-state index < -0.39 is 17.3 Å². The molecule has 0 saturated carbocycles. The number of hydrogen-bond donors (Lipinski definition) is 2. The Labute approximate surface area is 139 Å². The third-order valence-electron chi connectivity index (χ3n) is 3.45. The van der Waals surface area contributed by atoms with Gasteiger partial charge in [-0.15, -0.1) is 0 Å². The van der Waals surface area contributed by atoms with E-state index in [1.165, 1.54) is 12.1 Å². The van der Waals surface area contributed by atoms with Crippen LogP contribution in [0.1, 0.15) is 15.9 Å². The maximum Gasteiger partial charge on any atom is 0.261 e. The Morgan fingerprint density at radius 1 is 1.17 bits per heavy atom. The average Bonchev–Trinajstić information content (AvgIpc) is 2.53. The molecule has 0 spiro atoms. The molecular weight excluding hydrogens is 363 g/mol. The molecule has 0 bridgehead atoms. The van der Waals surface area contributed by atoms with Crippen molar-refractivity contribution < 1.29 is 9.18 Å². The zero-order valence-electron chi connectivity index (χ0n) is 11.9. The quantitative estimate of drug-likeness (QED) is 0.738. The molecule has 3 rings (SSSR count). The van der Waals surface area contributed by atoms with Gasteiger partial charge in [0.05, 0.1) is 0 Å². The van der Waals surface area contributed by atoms with E-state index in [0.29, 0.717) is 11.1 Å². The topological polar surface area (TPSA) is 62.0 Å². The number of hydrogen-bond acceptors (Lipinski definition) is 2. The smallest absolute Gasteiger partial charge is 0.261 e. The van der Waals surface area contributed by atoms with Crippen LogP contribution in [-0.4, -0.2) is 10.9 Å². The van der Waals surface area contributed by atoms with E-state index in [9.17, 15) is 14.0 Å². The van der Waals surface area contributed by atoms with E-state index >= 15 is 0 Å². The average molecular weight is 375 g/mol.